The molecule has 0 bridgehead atoms. The van der Waals surface area contributed by atoms with Crippen molar-refractivity contribution in [1.29, 1.82) is 0 Å². The molecule has 1 aromatic heterocycles. The van der Waals surface area contributed by atoms with Crippen LogP contribution in [0.5, 0.6) is 0 Å². The second-order valence-electron chi connectivity index (χ2n) is 7.95. The molecule has 2 amide bonds. The number of carbonyl (C=O) groups excluding carboxylic acids is 1. The molecule has 0 spiro atoms. The van der Waals surface area contributed by atoms with Crippen LogP contribution >= 0.6 is 11.3 Å². The zero-order valence-corrected chi connectivity index (χ0v) is 16.1. The van der Waals surface area contributed by atoms with Crippen LogP contribution in [-0.4, -0.2) is 41.7 Å². The molecule has 8 heteroatoms. The van der Waals surface area contributed by atoms with Gasteiger partial charge in [0.15, 0.2) is 0 Å². The van der Waals surface area contributed by atoms with Gasteiger partial charge in [0.1, 0.15) is 0 Å². The number of hydrogen-bond donors (Lipinski definition) is 1. The lowest BCUT2D eigenvalue weighted by Crippen LogP contribution is -2.49. The van der Waals surface area contributed by atoms with Gasteiger partial charge in [-0.25, -0.2) is 9.78 Å². The maximum absolute atomic E-state index is 13.0. The van der Waals surface area contributed by atoms with Crippen molar-refractivity contribution in [2.24, 2.45) is 5.41 Å². The molecule has 1 fully saturated rings. The van der Waals surface area contributed by atoms with Crippen molar-refractivity contribution in [1.82, 2.24) is 15.2 Å². The number of rotatable bonds is 3. The van der Waals surface area contributed by atoms with Crippen molar-refractivity contribution in [3.05, 3.63) is 15.6 Å². The van der Waals surface area contributed by atoms with Crippen LogP contribution in [0.3, 0.4) is 0 Å². The molecule has 1 aliphatic carbocycles. The Bertz CT molecular complexity index is 633. The second kappa shape index (κ2) is 7.37. The number of carbonyl (C=O) groups is 1. The number of alkyl halides is 3. The summed E-state index contributed by atoms with van der Waals surface area (Å²) in [4.78, 5) is 20.2. The topological polar surface area (TPSA) is 45.2 Å². The number of piperidine rings is 1. The summed E-state index contributed by atoms with van der Waals surface area (Å²) in [7, 11) is 0. The minimum absolute atomic E-state index is 0.195. The number of urea groups is 1. The summed E-state index contributed by atoms with van der Waals surface area (Å²) >= 11 is 1.76. The van der Waals surface area contributed by atoms with Crippen molar-refractivity contribution in [2.45, 2.75) is 64.5 Å². The largest absolute Gasteiger partial charge is 0.395 e. The highest BCUT2D eigenvalue weighted by Gasteiger charge is 2.47. The molecule has 1 unspecified atom stereocenters. The smallest absolute Gasteiger partial charge is 0.337 e. The minimum Gasteiger partial charge on any atom is -0.337 e. The summed E-state index contributed by atoms with van der Waals surface area (Å²) in [5, 5.41) is 3.56. The molecule has 0 radical (unpaired) electrons. The van der Waals surface area contributed by atoms with Gasteiger partial charge in [0.25, 0.3) is 0 Å². The summed E-state index contributed by atoms with van der Waals surface area (Å²) in [6.45, 7) is 2.91. The summed E-state index contributed by atoms with van der Waals surface area (Å²) in [6.07, 6.45) is 2.01. The SMILES string of the molecule is CC(C)(CNC(=O)N1CCCC(c2nc3c(s2)CCCC3)C1)C(F)(F)F. The first-order chi connectivity index (χ1) is 12.2. The monoisotopic (exact) mass is 389 g/mol. The molecule has 2 heterocycles. The van der Waals surface area contributed by atoms with E-state index in [2.05, 4.69) is 5.32 Å². The molecule has 4 nitrogen and oxygen atoms in total. The molecule has 1 saturated heterocycles. The first kappa shape index (κ1) is 19.5. The number of fused-ring (bicyclic) bond motifs is 1. The van der Waals surface area contributed by atoms with E-state index in [9.17, 15) is 18.0 Å². The van der Waals surface area contributed by atoms with E-state index in [4.69, 9.17) is 4.98 Å². The Hall–Kier alpha value is -1.31. The molecule has 1 N–H and O–H groups in total. The van der Waals surface area contributed by atoms with Crippen molar-refractivity contribution >= 4 is 17.4 Å². The zero-order chi connectivity index (χ0) is 18.9. The highest BCUT2D eigenvalue weighted by molar-refractivity contribution is 7.11. The third-order valence-corrected chi connectivity index (χ3v) is 6.69. The van der Waals surface area contributed by atoms with E-state index >= 15 is 0 Å². The Morgan fingerprint density at radius 1 is 1.27 bits per heavy atom. The van der Waals surface area contributed by atoms with Gasteiger partial charge in [-0.2, -0.15) is 13.2 Å². The van der Waals surface area contributed by atoms with Gasteiger partial charge in [-0.15, -0.1) is 11.3 Å². The standard InChI is InChI=1S/C18H26F3N3OS/c1-17(2,18(19,20)21)11-22-16(25)24-9-5-6-12(10-24)15-23-13-7-3-4-8-14(13)26-15/h12H,3-11H2,1-2H3,(H,22,25). The molecule has 2 aliphatic rings. The zero-order valence-electron chi connectivity index (χ0n) is 15.3. The molecule has 26 heavy (non-hydrogen) atoms. The van der Waals surface area contributed by atoms with Gasteiger partial charge in [0, 0.05) is 30.4 Å². The summed E-state index contributed by atoms with van der Waals surface area (Å²) < 4.78 is 38.9. The maximum atomic E-state index is 13.0. The van der Waals surface area contributed by atoms with Gasteiger partial charge in [0.05, 0.1) is 16.1 Å². The van der Waals surface area contributed by atoms with Gasteiger partial charge in [-0.05, 0) is 52.4 Å². The van der Waals surface area contributed by atoms with Gasteiger partial charge in [0.2, 0.25) is 0 Å². The fourth-order valence-electron chi connectivity index (χ4n) is 3.42. The molecule has 146 valence electrons. The summed E-state index contributed by atoms with van der Waals surface area (Å²) in [6, 6.07) is -0.409. The first-order valence-electron chi connectivity index (χ1n) is 9.25. The van der Waals surface area contributed by atoms with E-state index in [1.807, 2.05) is 0 Å². The molecular weight excluding hydrogens is 363 g/mol. The van der Waals surface area contributed by atoms with Gasteiger partial charge in [-0.3, -0.25) is 0 Å². The number of amides is 2. The molecule has 3 rings (SSSR count). The van der Waals surface area contributed by atoms with Crippen LogP contribution in [0.15, 0.2) is 0 Å². The maximum Gasteiger partial charge on any atom is 0.395 e. The number of nitrogens with zero attached hydrogens (tertiary/aromatic N) is 2. The molecule has 1 atom stereocenters. The Balaban J connectivity index is 1.59. The van der Waals surface area contributed by atoms with Crippen LogP contribution in [0.1, 0.15) is 61.0 Å². The molecule has 0 aromatic carbocycles. The fourth-order valence-corrected chi connectivity index (χ4v) is 4.70. The third kappa shape index (κ3) is 4.15. The first-order valence-corrected chi connectivity index (χ1v) is 10.1. The molecule has 1 aliphatic heterocycles. The number of hydrogen-bond acceptors (Lipinski definition) is 3. The Morgan fingerprint density at radius 3 is 2.69 bits per heavy atom. The highest BCUT2D eigenvalue weighted by Crippen LogP contribution is 2.37. The molecule has 0 saturated carbocycles. The Kier molecular flexibility index (Phi) is 5.51. The van der Waals surface area contributed by atoms with Crippen LogP contribution in [0.4, 0.5) is 18.0 Å². The number of aryl methyl sites for hydroxylation is 2. The minimum atomic E-state index is -4.34. The summed E-state index contributed by atoms with van der Waals surface area (Å²) in [5.74, 6) is 0.195. The Morgan fingerprint density at radius 2 is 2.00 bits per heavy atom. The average Bonchev–Trinajstić information content (AvgIpc) is 3.03. The number of halogens is 3. The molecular formula is C18H26F3N3OS. The lowest BCUT2D eigenvalue weighted by molar-refractivity contribution is -0.208. The summed E-state index contributed by atoms with van der Waals surface area (Å²) in [5.41, 5.74) is -0.726. The highest BCUT2D eigenvalue weighted by atomic mass is 32.1. The van der Waals surface area contributed by atoms with Crippen molar-refractivity contribution < 1.29 is 18.0 Å². The fraction of sp³-hybridized carbons (Fsp3) is 0.778. The van der Waals surface area contributed by atoms with E-state index in [-0.39, 0.29) is 5.92 Å². The average molecular weight is 389 g/mol. The predicted molar refractivity (Wildman–Crippen MR) is 95.5 cm³/mol. The lowest BCUT2D eigenvalue weighted by atomic mass is 9.93. The second-order valence-corrected chi connectivity index (χ2v) is 9.07. The van der Waals surface area contributed by atoms with Gasteiger partial charge < -0.3 is 10.2 Å². The Labute approximate surface area is 156 Å². The van der Waals surface area contributed by atoms with Crippen LogP contribution in [0.2, 0.25) is 0 Å². The van der Waals surface area contributed by atoms with Crippen molar-refractivity contribution in [3.63, 3.8) is 0 Å². The van der Waals surface area contributed by atoms with Gasteiger partial charge in [-0.1, -0.05) is 0 Å². The number of thiazole rings is 1. The lowest BCUT2D eigenvalue weighted by Gasteiger charge is -2.34. The van der Waals surface area contributed by atoms with E-state index in [0.717, 1.165) is 44.5 Å². The van der Waals surface area contributed by atoms with E-state index in [0.29, 0.717) is 13.1 Å². The predicted octanol–water partition coefficient (Wildman–Crippen LogP) is 4.50. The van der Waals surface area contributed by atoms with Crippen LogP contribution in [0, 0.1) is 5.41 Å². The van der Waals surface area contributed by atoms with Crippen molar-refractivity contribution in [3.8, 4) is 0 Å². The van der Waals surface area contributed by atoms with Crippen LogP contribution < -0.4 is 5.32 Å². The number of likely N-dealkylation sites (tertiary alicyclic amines) is 1. The van der Waals surface area contributed by atoms with E-state index < -0.39 is 24.2 Å². The number of nitrogens with one attached hydrogen (secondary N) is 1. The van der Waals surface area contributed by atoms with Crippen LogP contribution in [-0.2, 0) is 12.8 Å². The van der Waals surface area contributed by atoms with E-state index in [1.54, 1.807) is 16.2 Å². The third-order valence-electron chi connectivity index (χ3n) is 5.37. The van der Waals surface area contributed by atoms with Crippen molar-refractivity contribution in [2.75, 3.05) is 19.6 Å². The number of aromatic nitrogens is 1. The molecule has 1 aromatic rings. The van der Waals surface area contributed by atoms with Crippen LogP contribution in [0.25, 0.3) is 0 Å². The van der Waals surface area contributed by atoms with Gasteiger partial charge >= 0.3 is 12.2 Å². The quantitative estimate of drug-likeness (QED) is 0.827. The normalized spacial score (nSPS) is 21.4. The van der Waals surface area contributed by atoms with E-state index in [1.165, 1.54) is 23.4 Å².